The molecule has 0 saturated heterocycles. The monoisotopic (exact) mass is 452 g/mol. The quantitative estimate of drug-likeness (QED) is 0.461. The lowest BCUT2D eigenvalue weighted by Gasteiger charge is -2.08. The molecule has 0 atom stereocenters. The summed E-state index contributed by atoms with van der Waals surface area (Å²) in [6, 6.07) is 7.58. The van der Waals surface area contributed by atoms with Crippen LogP contribution in [0.5, 0.6) is 0 Å². The summed E-state index contributed by atoms with van der Waals surface area (Å²) in [5, 5.41) is 6.25. The van der Waals surface area contributed by atoms with Gasteiger partial charge >= 0.3 is 6.09 Å². The molecule has 1 aromatic carbocycles. The van der Waals surface area contributed by atoms with Crippen LogP contribution in [-0.2, 0) is 22.4 Å². The van der Waals surface area contributed by atoms with Crippen LogP contribution >= 0.6 is 34.7 Å². The van der Waals surface area contributed by atoms with Crippen molar-refractivity contribution in [2.75, 3.05) is 18.2 Å². The smallest absolute Gasteiger partial charge is 0.413 e. The molecule has 29 heavy (non-hydrogen) atoms. The van der Waals surface area contributed by atoms with Gasteiger partial charge in [-0.15, -0.1) is 23.1 Å². The molecular weight excluding hydrogens is 432 g/mol. The first-order valence-electron chi connectivity index (χ1n) is 9.20. The van der Waals surface area contributed by atoms with Crippen LogP contribution in [0, 0.1) is 0 Å². The summed E-state index contributed by atoms with van der Waals surface area (Å²) >= 11 is 8.95. The lowest BCUT2D eigenvalue weighted by atomic mass is 10.1. The average Bonchev–Trinajstić information content (AvgIpc) is 3.27. The first-order chi connectivity index (χ1) is 14.0. The van der Waals surface area contributed by atoms with Crippen LogP contribution in [0.2, 0.25) is 5.02 Å². The number of halogens is 1. The number of hydrogen-bond acceptors (Lipinski definition) is 6. The van der Waals surface area contributed by atoms with Crippen molar-refractivity contribution in [1.29, 1.82) is 0 Å². The summed E-state index contributed by atoms with van der Waals surface area (Å²) in [5.41, 5.74) is 1.31. The summed E-state index contributed by atoms with van der Waals surface area (Å²) in [6.45, 7) is 0. The maximum absolute atomic E-state index is 12.5. The first kappa shape index (κ1) is 21.7. The molecule has 1 aliphatic rings. The Morgan fingerprint density at radius 1 is 1.21 bits per heavy atom. The van der Waals surface area contributed by atoms with Gasteiger partial charge in [-0.2, -0.15) is 0 Å². The molecule has 6 nitrogen and oxygen atoms in total. The van der Waals surface area contributed by atoms with Gasteiger partial charge in [0.1, 0.15) is 5.00 Å². The molecule has 1 heterocycles. The molecule has 154 valence electrons. The van der Waals surface area contributed by atoms with Crippen LogP contribution in [0.15, 0.2) is 29.2 Å². The van der Waals surface area contributed by atoms with Crippen LogP contribution < -0.4 is 10.6 Å². The molecule has 2 aromatic rings. The van der Waals surface area contributed by atoms with Gasteiger partial charge in [0.05, 0.1) is 12.7 Å². The minimum Gasteiger partial charge on any atom is -0.453 e. The number of benzene rings is 1. The van der Waals surface area contributed by atoms with Crippen molar-refractivity contribution in [2.45, 2.75) is 37.0 Å². The molecule has 0 radical (unpaired) electrons. The second kappa shape index (κ2) is 10.1. The van der Waals surface area contributed by atoms with E-state index in [1.165, 1.54) is 18.4 Å². The van der Waals surface area contributed by atoms with Crippen LogP contribution in [0.1, 0.15) is 40.1 Å². The zero-order valence-corrected chi connectivity index (χ0v) is 18.3. The van der Waals surface area contributed by atoms with E-state index >= 15 is 0 Å². The SMILES string of the molecule is COC(=O)NC(=O)c1c(NC(=O)CCCSc2ccc(Cl)cc2)sc2c1CCC2. The van der Waals surface area contributed by atoms with E-state index < -0.39 is 12.0 Å². The minimum atomic E-state index is -0.815. The summed E-state index contributed by atoms with van der Waals surface area (Å²) in [5.74, 6) is 0.115. The highest BCUT2D eigenvalue weighted by Crippen LogP contribution is 2.39. The minimum absolute atomic E-state index is 0.145. The van der Waals surface area contributed by atoms with Gasteiger partial charge in [-0.05, 0) is 61.3 Å². The highest BCUT2D eigenvalue weighted by atomic mass is 35.5. The fourth-order valence-corrected chi connectivity index (χ4v) is 5.36. The summed E-state index contributed by atoms with van der Waals surface area (Å²) in [4.78, 5) is 38.5. The second-order valence-corrected chi connectivity index (χ2v) is 9.17. The molecule has 3 rings (SSSR count). The van der Waals surface area contributed by atoms with Crippen molar-refractivity contribution < 1.29 is 19.1 Å². The number of carbonyl (C=O) groups is 3. The molecular formula is C20H21ClN2O4S2. The topological polar surface area (TPSA) is 84.5 Å². The number of rotatable bonds is 7. The number of thioether (sulfide) groups is 1. The molecule has 0 aliphatic heterocycles. The Hall–Kier alpha value is -2.03. The maximum atomic E-state index is 12.5. The number of nitrogens with one attached hydrogen (secondary N) is 2. The molecule has 0 saturated carbocycles. The molecule has 1 aromatic heterocycles. The van der Waals surface area contributed by atoms with Gasteiger partial charge in [0.15, 0.2) is 0 Å². The van der Waals surface area contributed by atoms with Gasteiger partial charge in [-0.25, -0.2) is 4.79 Å². The van der Waals surface area contributed by atoms with E-state index in [2.05, 4.69) is 15.4 Å². The van der Waals surface area contributed by atoms with Gasteiger partial charge in [0.25, 0.3) is 5.91 Å². The molecule has 0 fully saturated rings. The molecule has 0 spiro atoms. The normalized spacial score (nSPS) is 12.3. The van der Waals surface area contributed by atoms with Crippen LogP contribution in [-0.4, -0.2) is 30.8 Å². The molecule has 1 aliphatic carbocycles. The Bertz CT molecular complexity index is 912. The van der Waals surface area contributed by atoms with E-state index in [1.807, 2.05) is 24.3 Å². The van der Waals surface area contributed by atoms with Crippen molar-refractivity contribution in [3.8, 4) is 0 Å². The van der Waals surface area contributed by atoms with Gasteiger partial charge in [-0.1, -0.05) is 11.6 Å². The number of alkyl carbamates (subject to hydrolysis) is 1. The van der Waals surface area contributed by atoms with Crippen LogP contribution in [0.3, 0.4) is 0 Å². The summed E-state index contributed by atoms with van der Waals surface area (Å²) in [6.07, 6.45) is 2.85. The van der Waals surface area contributed by atoms with E-state index in [1.54, 1.807) is 11.8 Å². The number of ether oxygens (including phenoxy) is 1. The van der Waals surface area contributed by atoms with Gasteiger partial charge < -0.3 is 10.1 Å². The van der Waals surface area contributed by atoms with E-state index in [0.717, 1.165) is 40.4 Å². The molecule has 2 N–H and O–H groups in total. The standard InChI is InChI=1S/C20H21ClN2O4S2/c1-27-20(26)23-18(25)17-14-4-2-5-15(14)29-19(17)22-16(24)6-3-11-28-13-9-7-12(21)8-10-13/h7-10H,2-6,11H2,1H3,(H,22,24)(H,23,25,26). The average molecular weight is 453 g/mol. The van der Waals surface area contributed by atoms with Crippen LogP contribution in [0.4, 0.5) is 9.80 Å². The Morgan fingerprint density at radius 3 is 2.69 bits per heavy atom. The van der Waals surface area contributed by atoms with Gasteiger partial charge in [-0.3, -0.25) is 14.9 Å². The van der Waals surface area contributed by atoms with Crippen molar-refractivity contribution >= 4 is 57.6 Å². The zero-order chi connectivity index (χ0) is 20.8. The molecule has 0 bridgehead atoms. The zero-order valence-electron chi connectivity index (χ0n) is 15.9. The van der Waals surface area contributed by atoms with Crippen molar-refractivity contribution in [3.63, 3.8) is 0 Å². The Kier molecular flexibility index (Phi) is 7.57. The number of thiophene rings is 1. The highest BCUT2D eigenvalue weighted by Gasteiger charge is 2.28. The molecule has 9 heteroatoms. The lowest BCUT2D eigenvalue weighted by Crippen LogP contribution is -2.31. The Morgan fingerprint density at radius 2 is 1.97 bits per heavy atom. The van der Waals surface area contributed by atoms with Gasteiger partial charge in [0.2, 0.25) is 5.91 Å². The Labute approximate surface area is 182 Å². The van der Waals surface area contributed by atoms with Crippen molar-refractivity contribution in [3.05, 3.63) is 45.3 Å². The summed E-state index contributed by atoms with van der Waals surface area (Å²) < 4.78 is 4.50. The third-order valence-electron chi connectivity index (χ3n) is 4.43. The number of methoxy groups -OCH3 is 1. The van der Waals surface area contributed by atoms with E-state index in [9.17, 15) is 14.4 Å². The third kappa shape index (κ3) is 5.74. The van der Waals surface area contributed by atoms with Crippen LogP contribution in [0.25, 0.3) is 0 Å². The van der Waals surface area contributed by atoms with Crippen molar-refractivity contribution in [1.82, 2.24) is 5.32 Å². The molecule has 0 unspecified atom stereocenters. The van der Waals surface area contributed by atoms with Crippen molar-refractivity contribution in [2.24, 2.45) is 0 Å². The number of carbonyl (C=O) groups excluding carboxylic acids is 3. The largest absolute Gasteiger partial charge is 0.453 e. The maximum Gasteiger partial charge on any atom is 0.413 e. The Balaban J connectivity index is 1.56. The molecule has 3 amide bonds. The lowest BCUT2D eigenvalue weighted by molar-refractivity contribution is -0.116. The number of fused-ring (bicyclic) bond motifs is 1. The van der Waals surface area contributed by atoms with Gasteiger partial charge in [0, 0.05) is 21.2 Å². The third-order valence-corrected chi connectivity index (χ3v) is 6.99. The summed E-state index contributed by atoms with van der Waals surface area (Å²) in [7, 11) is 1.20. The first-order valence-corrected chi connectivity index (χ1v) is 11.4. The number of amides is 3. The number of hydrogen-bond donors (Lipinski definition) is 2. The number of aryl methyl sites for hydroxylation is 1. The highest BCUT2D eigenvalue weighted by molar-refractivity contribution is 7.99. The fraction of sp³-hybridized carbons (Fsp3) is 0.350. The predicted molar refractivity (Wildman–Crippen MR) is 116 cm³/mol. The van der Waals surface area contributed by atoms with E-state index in [-0.39, 0.29) is 5.91 Å². The fourth-order valence-electron chi connectivity index (χ4n) is 3.08. The number of anilines is 1. The number of imide groups is 1. The van der Waals surface area contributed by atoms with E-state index in [0.29, 0.717) is 28.4 Å². The second-order valence-electron chi connectivity index (χ2n) is 6.46. The predicted octanol–water partition coefficient (Wildman–Crippen LogP) is 4.90. The van der Waals surface area contributed by atoms with E-state index in [4.69, 9.17) is 11.6 Å².